The van der Waals surface area contributed by atoms with Crippen molar-refractivity contribution >= 4 is 11.8 Å². The molecule has 122 valence electrons. The summed E-state index contributed by atoms with van der Waals surface area (Å²) in [5.74, 6) is 1.79. The van der Waals surface area contributed by atoms with Crippen molar-refractivity contribution in [3.8, 4) is 0 Å². The first kappa shape index (κ1) is 15.8. The number of hydrogen-bond donors (Lipinski definition) is 1. The van der Waals surface area contributed by atoms with Gasteiger partial charge in [-0.1, -0.05) is 37.1 Å². The van der Waals surface area contributed by atoms with Crippen LogP contribution in [0.1, 0.15) is 42.5 Å². The zero-order valence-corrected chi connectivity index (χ0v) is 14.2. The number of aromatic nitrogens is 2. The zero-order valence-electron chi connectivity index (χ0n) is 14.2. The van der Waals surface area contributed by atoms with E-state index in [1.807, 2.05) is 6.92 Å². The molecule has 0 aliphatic carbocycles. The van der Waals surface area contributed by atoms with Gasteiger partial charge < -0.3 is 10.2 Å². The fraction of sp³-hybridized carbons (Fsp3) is 0.474. The van der Waals surface area contributed by atoms with Gasteiger partial charge in [-0.15, -0.1) is 0 Å². The number of rotatable bonds is 4. The van der Waals surface area contributed by atoms with E-state index in [1.165, 1.54) is 36.8 Å². The van der Waals surface area contributed by atoms with Gasteiger partial charge in [-0.25, -0.2) is 4.98 Å². The normalized spacial score (nSPS) is 15.3. The number of hydrogen-bond acceptors (Lipinski definition) is 4. The number of aryl methyl sites for hydroxylation is 2. The smallest absolute Gasteiger partial charge is 0.225 e. The Hall–Kier alpha value is -2.10. The summed E-state index contributed by atoms with van der Waals surface area (Å²) < 4.78 is 0. The van der Waals surface area contributed by atoms with Crippen LogP contribution < -0.4 is 10.2 Å². The summed E-state index contributed by atoms with van der Waals surface area (Å²) in [6.45, 7) is 7.15. The van der Waals surface area contributed by atoms with Gasteiger partial charge in [-0.05, 0) is 37.8 Å². The maximum atomic E-state index is 4.75. The molecule has 1 aromatic heterocycles. The van der Waals surface area contributed by atoms with Crippen LogP contribution >= 0.6 is 0 Å². The molecular formula is C19H26N4. The third kappa shape index (κ3) is 4.21. The highest BCUT2D eigenvalue weighted by molar-refractivity contribution is 5.45. The van der Waals surface area contributed by atoms with E-state index in [9.17, 15) is 0 Å². The number of nitrogens with zero attached hydrogens (tertiary/aromatic N) is 3. The zero-order chi connectivity index (χ0) is 16.1. The molecule has 1 saturated heterocycles. The van der Waals surface area contributed by atoms with Crippen molar-refractivity contribution in [2.45, 2.75) is 46.1 Å². The van der Waals surface area contributed by atoms with Gasteiger partial charge in [-0.2, -0.15) is 4.98 Å². The predicted octanol–water partition coefficient (Wildman–Crippen LogP) is 4.09. The van der Waals surface area contributed by atoms with Gasteiger partial charge in [-0.3, -0.25) is 0 Å². The molecule has 2 heterocycles. The van der Waals surface area contributed by atoms with E-state index in [4.69, 9.17) is 4.98 Å². The van der Waals surface area contributed by atoms with Crippen molar-refractivity contribution in [1.29, 1.82) is 0 Å². The Balaban J connectivity index is 1.73. The quantitative estimate of drug-likeness (QED) is 0.923. The summed E-state index contributed by atoms with van der Waals surface area (Å²) >= 11 is 0. The highest BCUT2D eigenvalue weighted by Crippen LogP contribution is 2.20. The average molecular weight is 310 g/mol. The van der Waals surface area contributed by atoms with Crippen LogP contribution in [0.5, 0.6) is 0 Å². The van der Waals surface area contributed by atoms with Gasteiger partial charge in [0.25, 0.3) is 0 Å². The summed E-state index contributed by atoms with van der Waals surface area (Å²) in [6, 6.07) is 10.5. The molecule has 1 fully saturated rings. The van der Waals surface area contributed by atoms with Crippen LogP contribution in [0.25, 0.3) is 0 Å². The third-order valence-corrected chi connectivity index (χ3v) is 4.47. The molecule has 0 radical (unpaired) electrons. The van der Waals surface area contributed by atoms with Crippen LogP contribution in [-0.4, -0.2) is 23.1 Å². The van der Waals surface area contributed by atoms with Gasteiger partial charge in [0, 0.05) is 31.4 Å². The third-order valence-electron chi connectivity index (χ3n) is 4.47. The maximum absolute atomic E-state index is 4.75. The van der Waals surface area contributed by atoms with E-state index in [-0.39, 0.29) is 0 Å². The lowest BCUT2D eigenvalue weighted by atomic mass is 10.1. The predicted molar refractivity (Wildman–Crippen MR) is 96.0 cm³/mol. The molecule has 1 N–H and O–H groups in total. The van der Waals surface area contributed by atoms with Gasteiger partial charge in [0.2, 0.25) is 5.95 Å². The van der Waals surface area contributed by atoms with E-state index in [0.29, 0.717) is 0 Å². The molecule has 4 nitrogen and oxygen atoms in total. The molecule has 1 aliphatic rings. The Labute approximate surface area is 139 Å². The average Bonchev–Trinajstić information content (AvgIpc) is 2.83. The van der Waals surface area contributed by atoms with Gasteiger partial charge in [0.05, 0.1) is 0 Å². The molecule has 0 bridgehead atoms. The van der Waals surface area contributed by atoms with Gasteiger partial charge >= 0.3 is 0 Å². The SMILES string of the molecule is Cc1cc(N2CCCCCC2)nc(NCc2ccccc2C)n1. The lowest BCUT2D eigenvalue weighted by Crippen LogP contribution is -2.25. The highest BCUT2D eigenvalue weighted by atomic mass is 15.2. The second-order valence-corrected chi connectivity index (χ2v) is 6.37. The van der Waals surface area contributed by atoms with Crippen LogP contribution in [0.2, 0.25) is 0 Å². The van der Waals surface area contributed by atoms with Crippen molar-refractivity contribution in [3.05, 3.63) is 47.2 Å². The summed E-state index contributed by atoms with van der Waals surface area (Å²) in [6.07, 6.45) is 5.18. The van der Waals surface area contributed by atoms with Crippen molar-refractivity contribution in [2.24, 2.45) is 0 Å². The lowest BCUT2D eigenvalue weighted by molar-refractivity contribution is 0.726. The Bertz CT molecular complexity index is 646. The Morgan fingerprint density at radius 3 is 2.48 bits per heavy atom. The second kappa shape index (κ2) is 7.44. The van der Waals surface area contributed by atoms with Crippen molar-refractivity contribution in [3.63, 3.8) is 0 Å². The minimum absolute atomic E-state index is 0.729. The molecule has 0 amide bonds. The maximum Gasteiger partial charge on any atom is 0.225 e. The summed E-state index contributed by atoms with van der Waals surface area (Å²) in [5.41, 5.74) is 3.60. The molecule has 0 atom stereocenters. The first-order valence-electron chi connectivity index (χ1n) is 8.61. The van der Waals surface area contributed by atoms with Crippen LogP contribution in [0.3, 0.4) is 0 Å². The minimum Gasteiger partial charge on any atom is -0.356 e. The van der Waals surface area contributed by atoms with E-state index in [2.05, 4.69) is 52.5 Å². The molecule has 4 heteroatoms. The highest BCUT2D eigenvalue weighted by Gasteiger charge is 2.13. The van der Waals surface area contributed by atoms with E-state index in [1.54, 1.807) is 0 Å². The fourth-order valence-electron chi connectivity index (χ4n) is 3.08. The molecule has 23 heavy (non-hydrogen) atoms. The minimum atomic E-state index is 0.729. The lowest BCUT2D eigenvalue weighted by Gasteiger charge is -2.22. The molecule has 0 unspecified atom stereocenters. The van der Waals surface area contributed by atoms with E-state index >= 15 is 0 Å². The van der Waals surface area contributed by atoms with Crippen molar-refractivity contribution in [1.82, 2.24) is 9.97 Å². The van der Waals surface area contributed by atoms with Crippen LogP contribution in [0, 0.1) is 13.8 Å². The Kier molecular flexibility index (Phi) is 5.11. The molecule has 2 aromatic rings. The van der Waals surface area contributed by atoms with Crippen molar-refractivity contribution in [2.75, 3.05) is 23.3 Å². The Morgan fingerprint density at radius 2 is 1.74 bits per heavy atom. The molecule has 1 aromatic carbocycles. The van der Waals surface area contributed by atoms with Gasteiger partial charge in [0.15, 0.2) is 0 Å². The van der Waals surface area contributed by atoms with Crippen molar-refractivity contribution < 1.29 is 0 Å². The standard InChI is InChI=1S/C19H26N4/c1-15-9-5-6-10-17(15)14-20-19-21-16(2)13-18(22-19)23-11-7-3-4-8-12-23/h5-6,9-10,13H,3-4,7-8,11-12,14H2,1-2H3,(H,20,21,22). The van der Waals surface area contributed by atoms with Crippen LogP contribution in [0.4, 0.5) is 11.8 Å². The topological polar surface area (TPSA) is 41.1 Å². The second-order valence-electron chi connectivity index (χ2n) is 6.37. The molecule has 0 saturated carbocycles. The first-order valence-corrected chi connectivity index (χ1v) is 8.61. The Morgan fingerprint density at radius 1 is 1.00 bits per heavy atom. The monoisotopic (exact) mass is 310 g/mol. The molecular weight excluding hydrogens is 284 g/mol. The molecule has 1 aliphatic heterocycles. The fourth-order valence-corrected chi connectivity index (χ4v) is 3.08. The molecule has 3 rings (SSSR count). The first-order chi connectivity index (χ1) is 11.2. The van der Waals surface area contributed by atoms with Crippen LogP contribution in [-0.2, 0) is 6.54 Å². The summed E-state index contributed by atoms with van der Waals surface area (Å²) in [4.78, 5) is 11.7. The number of benzene rings is 1. The summed E-state index contributed by atoms with van der Waals surface area (Å²) in [7, 11) is 0. The van der Waals surface area contributed by atoms with E-state index < -0.39 is 0 Å². The summed E-state index contributed by atoms with van der Waals surface area (Å²) in [5, 5.41) is 3.39. The van der Waals surface area contributed by atoms with E-state index in [0.717, 1.165) is 37.1 Å². The van der Waals surface area contributed by atoms with Gasteiger partial charge in [0.1, 0.15) is 5.82 Å². The van der Waals surface area contributed by atoms with Crippen LogP contribution in [0.15, 0.2) is 30.3 Å². The number of anilines is 2. The largest absolute Gasteiger partial charge is 0.356 e. The number of nitrogens with one attached hydrogen (secondary N) is 1. The molecule has 0 spiro atoms.